The maximum atomic E-state index is 5.94. The number of ether oxygens (including phenoxy) is 1. The van der Waals surface area contributed by atoms with Gasteiger partial charge in [-0.05, 0) is 31.7 Å². The van der Waals surface area contributed by atoms with Crippen molar-refractivity contribution in [3.8, 4) is 0 Å². The van der Waals surface area contributed by atoms with Crippen LogP contribution in [0.1, 0.15) is 61.7 Å². The van der Waals surface area contributed by atoms with Crippen molar-refractivity contribution in [3.05, 3.63) is 29.2 Å². The molecule has 23 heavy (non-hydrogen) atoms. The van der Waals surface area contributed by atoms with Crippen molar-refractivity contribution >= 4 is 5.65 Å². The van der Waals surface area contributed by atoms with Gasteiger partial charge in [-0.2, -0.15) is 5.10 Å². The number of nitrogens with zero attached hydrogens (tertiary/aromatic N) is 3. The summed E-state index contributed by atoms with van der Waals surface area (Å²) in [6, 6.07) is 4.30. The highest BCUT2D eigenvalue weighted by Crippen LogP contribution is 2.35. The van der Waals surface area contributed by atoms with E-state index in [4.69, 9.17) is 9.84 Å². The lowest BCUT2D eigenvalue weighted by Crippen LogP contribution is -2.34. The predicted octanol–water partition coefficient (Wildman–Crippen LogP) is 2.99. The normalized spacial score (nSPS) is 29.0. The fourth-order valence-corrected chi connectivity index (χ4v) is 3.89. The van der Waals surface area contributed by atoms with Crippen LogP contribution in [-0.2, 0) is 4.74 Å². The molecule has 5 nitrogen and oxygen atoms in total. The molecule has 2 aromatic heterocycles. The van der Waals surface area contributed by atoms with E-state index in [0.29, 0.717) is 5.92 Å². The number of fused-ring (bicyclic) bond motifs is 1. The number of nitrogens with one attached hydrogen (secondary N) is 1. The maximum absolute atomic E-state index is 5.94. The van der Waals surface area contributed by atoms with Crippen LogP contribution >= 0.6 is 0 Å². The van der Waals surface area contributed by atoms with Crippen LogP contribution in [0.25, 0.3) is 5.65 Å². The summed E-state index contributed by atoms with van der Waals surface area (Å²) in [6.07, 6.45) is 5.19. The minimum atomic E-state index is 0.0621. The molecule has 1 aliphatic carbocycles. The van der Waals surface area contributed by atoms with Crippen LogP contribution in [0.2, 0.25) is 0 Å². The Morgan fingerprint density at radius 1 is 1.22 bits per heavy atom. The van der Waals surface area contributed by atoms with Gasteiger partial charge in [0, 0.05) is 30.8 Å². The molecule has 1 unspecified atom stereocenters. The van der Waals surface area contributed by atoms with Gasteiger partial charge in [-0.3, -0.25) is 0 Å². The molecule has 5 heteroatoms. The second kappa shape index (κ2) is 6.21. The minimum absolute atomic E-state index is 0.0621. The molecule has 1 N–H and O–H groups in total. The first-order valence-electron chi connectivity index (χ1n) is 8.90. The summed E-state index contributed by atoms with van der Waals surface area (Å²) in [5.74, 6) is 1.45. The second-order valence-electron chi connectivity index (χ2n) is 7.18. The highest BCUT2D eigenvalue weighted by molar-refractivity contribution is 5.43. The van der Waals surface area contributed by atoms with E-state index in [9.17, 15) is 0 Å². The van der Waals surface area contributed by atoms with Gasteiger partial charge >= 0.3 is 0 Å². The Kier molecular flexibility index (Phi) is 4.07. The number of rotatable bonds is 2. The van der Waals surface area contributed by atoms with E-state index in [1.165, 1.54) is 31.4 Å². The van der Waals surface area contributed by atoms with Crippen molar-refractivity contribution in [2.45, 2.75) is 51.6 Å². The lowest BCUT2D eigenvalue weighted by molar-refractivity contribution is 0.0236. The van der Waals surface area contributed by atoms with Crippen molar-refractivity contribution in [3.63, 3.8) is 0 Å². The molecule has 0 bridgehead atoms. The third-order valence-corrected chi connectivity index (χ3v) is 5.29. The van der Waals surface area contributed by atoms with Crippen LogP contribution in [-0.4, -0.2) is 34.3 Å². The van der Waals surface area contributed by atoms with Gasteiger partial charge in [0.15, 0.2) is 5.65 Å². The van der Waals surface area contributed by atoms with Gasteiger partial charge in [-0.25, -0.2) is 9.50 Å². The number of aromatic nitrogens is 3. The van der Waals surface area contributed by atoms with Gasteiger partial charge in [-0.15, -0.1) is 0 Å². The molecule has 0 radical (unpaired) electrons. The van der Waals surface area contributed by atoms with Gasteiger partial charge in [0.1, 0.15) is 6.10 Å². The van der Waals surface area contributed by atoms with Gasteiger partial charge in [0.2, 0.25) is 0 Å². The Labute approximate surface area is 137 Å². The first-order chi connectivity index (χ1) is 11.2. The minimum Gasteiger partial charge on any atom is -0.369 e. The summed E-state index contributed by atoms with van der Waals surface area (Å²) in [5, 5.41) is 8.33. The summed E-state index contributed by atoms with van der Waals surface area (Å²) in [7, 11) is 0. The van der Waals surface area contributed by atoms with Crippen LogP contribution in [0, 0.1) is 12.8 Å². The van der Waals surface area contributed by atoms with Gasteiger partial charge in [0.05, 0.1) is 18.0 Å². The van der Waals surface area contributed by atoms with Crippen molar-refractivity contribution in [1.29, 1.82) is 0 Å². The maximum Gasteiger partial charge on any atom is 0.155 e. The van der Waals surface area contributed by atoms with Gasteiger partial charge < -0.3 is 10.1 Å². The van der Waals surface area contributed by atoms with Gasteiger partial charge in [-0.1, -0.05) is 19.8 Å². The Balaban J connectivity index is 1.69. The van der Waals surface area contributed by atoms with Gasteiger partial charge in [0.25, 0.3) is 0 Å². The zero-order valence-electron chi connectivity index (χ0n) is 14.1. The Hall–Kier alpha value is -1.46. The number of hydrogen-bond donors (Lipinski definition) is 1. The van der Waals surface area contributed by atoms with E-state index in [1.807, 2.05) is 4.52 Å². The summed E-state index contributed by atoms with van der Waals surface area (Å²) in [6.45, 7) is 6.93. The van der Waals surface area contributed by atoms with Crippen molar-refractivity contribution < 1.29 is 4.74 Å². The zero-order chi connectivity index (χ0) is 15.8. The summed E-state index contributed by atoms with van der Waals surface area (Å²) in [4.78, 5) is 4.69. The molecular weight excluding hydrogens is 288 g/mol. The lowest BCUT2D eigenvalue weighted by atomic mass is 9.81. The smallest absolute Gasteiger partial charge is 0.155 e. The molecule has 1 atom stereocenters. The topological polar surface area (TPSA) is 51.5 Å². The van der Waals surface area contributed by atoms with E-state index in [-0.39, 0.29) is 6.10 Å². The SMILES string of the molecule is Cc1cc(C2CNCCO2)n2nc(C3CCC(C)CC3)cc2n1. The van der Waals surface area contributed by atoms with E-state index in [0.717, 1.165) is 42.6 Å². The number of aryl methyl sites for hydroxylation is 1. The second-order valence-corrected chi connectivity index (χ2v) is 7.18. The fraction of sp³-hybridized carbons (Fsp3) is 0.667. The molecule has 3 heterocycles. The first kappa shape index (κ1) is 15.1. The molecule has 4 rings (SSSR count). The van der Waals surface area contributed by atoms with Crippen LogP contribution in [0.5, 0.6) is 0 Å². The summed E-state index contributed by atoms with van der Waals surface area (Å²) in [5.41, 5.74) is 4.32. The first-order valence-corrected chi connectivity index (χ1v) is 8.90. The molecular formula is C18H26N4O. The molecule has 0 spiro atoms. The van der Waals surface area contributed by atoms with Crippen molar-refractivity contribution in [2.75, 3.05) is 19.7 Å². The molecule has 1 saturated carbocycles. The van der Waals surface area contributed by atoms with Crippen molar-refractivity contribution in [1.82, 2.24) is 19.9 Å². The average molecular weight is 314 g/mol. The van der Waals surface area contributed by atoms with Crippen LogP contribution in [0.3, 0.4) is 0 Å². The van der Waals surface area contributed by atoms with E-state index in [1.54, 1.807) is 0 Å². The largest absolute Gasteiger partial charge is 0.369 e. The standard InChI is InChI=1S/C18H26N4O/c1-12-3-5-14(6-4-12)15-10-18-20-13(2)9-16(22(18)21-15)17-11-19-7-8-23-17/h9-10,12,14,17,19H,3-8,11H2,1-2H3. The van der Waals surface area contributed by atoms with E-state index < -0.39 is 0 Å². The Morgan fingerprint density at radius 2 is 2.04 bits per heavy atom. The van der Waals surface area contributed by atoms with Crippen LogP contribution in [0.15, 0.2) is 12.1 Å². The van der Waals surface area contributed by atoms with Crippen molar-refractivity contribution in [2.24, 2.45) is 5.92 Å². The third-order valence-electron chi connectivity index (χ3n) is 5.29. The summed E-state index contributed by atoms with van der Waals surface area (Å²) >= 11 is 0. The molecule has 2 fully saturated rings. The predicted molar refractivity (Wildman–Crippen MR) is 89.7 cm³/mol. The average Bonchev–Trinajstić information content (AvgIpc) is 2.99. The monoisotopic (exact) mass is 314 g/mol. The van der Waals surface area contributed by atoms with E-state index >= 15 is 0 Å². The molecule has 124 valence electrons. The molecule has 2 aromatic rings. The quantitative estimate of drug-likeness (QED) is 0.926. The molecule has 1 aliphatic heterocycles. The molecule has 0 aromatic carbocycles. The van der Waals surface area contributed by atoms with Crippen LogP contribution in [0.4, 0.5) is 0 Å². The summed E-state index contributed by atoms with van der Waals surface area (Å²) < 4.78 is 7.96. The zero-order valence-corrected chi connectivity index (χ0v) is 14.1. The fourth-order valence-electron chi connectivity index (χ4n) is 3.89. The Morgan fingerprint density at radius 3 is 2.78 bits per heavy atom. The molecule has 0 amide bonds. The van der Waals surface area contributed by atoms with Crippen LogP contribution < -0.4 is 5.32 Å². The molecule has 1 saturated heterocycles. The number of morpholine rings is 1. The lowest BCUT2D eigenvalue weighted by Gasteiger charge is -2.25. The highest BCUT2D eigenvalue weighted by atomic mass is 16.5. The Bertz CT molecular complexity index is 682. The molecule has 2 aliphatic rings. The van der Waals surface area contributed by atoms with E-state index in [2.05, 4.69) is 36.3 Å². The highest BCUT2D eigenvalue weighted by Gasteiger charge is 2.25. The number of hydrogen-bond acceptors (Lipinski definition) is 4. The third kappa shape index (κ3) is 3.00.